The fraction of sp³-hybridized carbons (Fsp3) is 0.400. The van der Waals surface area contributed by atoms with Crippen LogP contribution in [0, 0.1) is 8.99 Å². The summed E-state index contributed by atoms with van der Waals surface area (Å²) in [7, 11) is -5.64. The summed E-state index contributed by atoms with van der Waals surface area (Å²) in [6, 6.07) is 23.4. The molecule has 19 nitrogen and oxygen atoms in total. The first-order valence-electron chi connectivity index (χ1n) is 21.1. The summed E-state index contributed by atoms with van der Waals surface area (Å²) in [4.78, 5) is 34.8. The number of hydrogen-bond acceptors (Lipinski definition) is 14. The molecule has 2 heterocycles. The van der Waals surface area contributed by atoms with Gasteiger partial charge in [0, 0.05) is 29.7 Å². The predicted molar refractivity (Wildman–Crippen MR) is 257 cm³/mol. The van der Waals surface area contributed by atoms with Gasteiger partial charge in [-0.3, -0.25) is 9.56 Å². The van der Waals surface area contributed by atoms with Crippen LogP contribution in [0.2, 0.25) is 0 Å². The van der Waals surface area contributed by atoms with Gasteiger partial charge in [0.15, 0.2) is 0 Å². The SMILES string of the molecule is COc1ccc(CN(Cc2ccc(OC)cc2)S(=O)(=O)c2c(NS(=O)(=O)N(OC(=O)N3CCCC3)C(=O)OC(C)(C)CC(C)(C)C)ccc(I)c2-c2nnn(Cc3ccc(OC)cc3)n2)cc1. The quantitative estimate of drug-likeness (QED) is 0.0694. The van der Waals surface area contributed by atoms with Gasteiger partial charge in [0.25, 0.3) is 0 Å². The van der Waals surface area contributed by atoms with E-state index < -0.39 is 48.6 Å². The molecule has 2 amide bonds. The lowest BCUT2D eigenvalue weighted by Gasteiger charge is -2.33. The van der Waals surface area contributed by atoms with Gasteiger partial charge in [0.1, 0.15) is 27.7 Å². The van der Waals surface area contributed by atoms with E-state index in [1.165, 1.54) is 40.4 Å². The summed E-state index contributed by atoms with van der Waals surface area (Å²) in [6.07, 6.45) is -1.09. The third-order valence-corrected chi connectivity index (χ3v) is 14.3. The Kier molecular flexibility index (Phi) is 15.9. The van der Waals surface area contributed by atoms with E-state index in [9.17, 15) is 18.0 Å². The van der Waals surface area contributed by atoms with Crippen molar-refractivity contribution in [3.05, 3.63) is 105 Å². The summed E-state index contributed by atoms with van der Waals surface area (Å²) in [5.74, 6) is 1.57. The summed E-state index contributed by atoms with van der Waals surface area (Å²) in [6.45, 7) is 9.20. The fourth-order valence-electron chi connectivity index (χ4n) is 7.62. The number of nitrogens with zero attached hydrogens (tertiary/aromatic N) is 7. The molecule has 0 radical (unpaired) electrons. The van der Waals surface area contributed by atoms with Crippen molar-refractivity contribution >= 4 is 60.7 Å². The van der Waals surface area contributed by atoms with E-state index in [-0.39, 0.29) is 54.0 Å². The molecule has 67 heavy (non-hydrogen) atoms. The summed E-state index contributed by atoms with van der Waals surface area (Å²) in [5, 5.41) is 13.1. The van der Waals surface area contributed by atoms with Gasteiger partial charge >= 0.3 is 22.4 Å². The summed E-state index contributed by atoms with van der Waals surface area (Å²) >= 11 is 1.92. The molecule has 0 unspecified atom stereocenters. The number of nitrogens with one attached hydrogen (secondary N) is 1. The molecule has 1 N–H and O–H groups in total. The molecule has 1 saturated heterocycles. The van der Waals surface area contributed by atoms with Gasteiger partial charge in [-0.2, -0.15) is 17.5 Å². The Morgan fingerprint density at radius 1 is 0.746 bits per heavy atom. The molecule has 5 aromatic rings. The van der Waals surface area contributed by atoms with Crippen LogP contribution in [0.25, 0.3) is 11.4 Å². The molecule has 0 spiro atoms. The Labute approximate surface area is 405 Å². The number of carbonyl (C=O) groups excluding carboxylic acids is 2. The number of ether oxygens (including phenoxy) is 4. The molecule has 22 heteroatoms. The van der Waals surface area contributed by atoms with E-state index in [2.05, 4.69) is 20.1 Å². The van der Waals surface area contributed by atoms with Gasteiger partial charge in [-0.25, -0.2) is 18.0 Å². The minimum Gasteiger partial charge on any atom is -0.497 e. The number of rotatable bonds is 17. The Bertz CT molecular complexity index is 2690. The van der Waals surface area contributed by atoms with Crippen LogP contribution in [0.5, 0.6) is 17.2 Å². The monoisotopic (exact) mass is 1070 g/mol. The highest BCUT2D eigenvalue weighted by atomic mass is 127. The summed E-state index contributed by atoms with van der Waals surface area (Å²) < 4.78 is 86.2. The standard InChI is InChI=1S/C45H55IN8O11S2/c1-44(2,3)30-45(4,5)64-43(56)54(65-42(55)51-25-9-10-26-51)67(59,60)49-38-24-23-37(46)39(41-47-50-53(48-41)29-33-15-21-36(63-8)22-16-33)40(38)66(57,58)52(27-31-11-17-34(61-6)18-12-31)28-32-13-19-35(62-7)20-14-32/h11-24,49H,9-10,25-30H2,1-8H3. The Balaban J connectivity index is 1.51. The van der Waals surface area contributed by atoms with E-state index in [4.69, 9.17) is 23.8 Å². The molecule has 6 rings (SSSR count). The van der Waals surface area contributed by atoms with Crippen molar-refractivity contribution in [3.63, 3.8) is 0 Å². The van der Waals surface area contributed by atoms with E-state index >= 15 is 8.42 Å². The molecule has 0 saturated carbocycles. The third kappa shape index (κ3) is 13.0. The van der Waals surface area contributed by atoms with Gasteiger partial charge in [0.05, 0.1) is 39.1 Å². The number of likely N-dealkylation sites (tertiary alicyclic amines) is 1. The zero-order valence-corrected chi connectivity index (χ0v) is 42.3. The van der Waals surface area contributed by atoms with Crippen LogP contribution in [-0.2, 0) is 49.4 Å². The van der Waals surface area contributed by atoms with E-state index in [1.54, 1.807) is 81.6 Å². The molecule has 0 aliphatic carbocycles. The second-order valence-electron chi connectivity index (χ2n) is 17.5. The molecule has 1 aromatic heterocycles. The lowest BCUT2D eigenvalue weighted by Crippen LogP contribution is -2.48. The first-order valence-corrected chi connectivity index (χ1v) is 25.1. The van der Waals surface area contributed by atoms with Crippen molar-refractivity contribution in [2.75, 3.05) is 39.1 Å². The van der Waals surface area contributed by atoms with Gasteiger partial charge in [0.2, 0.25) is 15.8 Å². The van der Waals surface area contributed by atoms with Crippen LogP contribution in [0.1, 0.15) is 70.6 Å². The molecular weight excluding hydrogens is 1020 g/mol. The lowest BCUT2D eigenvalue weighted by atomic mass is 9.84. The molecular formula is C45H55IN8O11S2. The number of tetrazole rings is 1. The minimum atomic E-state index is -5.36. The fourth-order valence-corrected chi connectivity index (χ4v) is 11.2. The number of amides is 2. The van der Waals surface area contributed by atoms with Crippen LogP contribution < -0.4 is 18.9 Å². The molecule has 1 fully saturated rings. The van der Waals surface area contributed by atoms with E-state index in [0.29, 0.717) is 51.2 Å². The molecule has 1 aliphatic heterocycles. The summed E-state index contributed by atoms with van der Waals surface area (Å²) in [5.41, 5.74) is -0.341. The van der Waals surface area contributed by atoms with Gasteiger partial charge < -0.3 is 23.8 Å². The molecule has 0 atom stereocenters. The molecule has 360 valence electrons. The number of carbonyl (C=O) groups is 2. The third-order valence-electron chi connectivity index (χ3n) is 10.4. The highest BCUT2D eigenvalue weighted by molar-refractivity contribution is 14.1. The normalized spacial score (nSPS) is 13.3. The number of hydrogen-bond donors (Lipinski definition) is 1. The van der Waals surface area contributed by atoms with Gasteiger partial charge in [-0.15, -0.1) is 10.2 Å². The zero-order valence-electron chi connectivity index (χ0n) is 38.6. The lowest BCUT2D eigenvalue weighted by molar-refractivity contribution is -0.0675. The van der Waals surface area contributed by atoms with Crippen molar-refractivity contribution < 1.29 is 50.2 Å². The second kappa shape index (κ2) is 21.1. The topological polar surface area (TPSA) is 214 Å². The van der Waals surface area contributed by atoms with Crippen LogP contribution in [0.4, 0.5) is 15.3 Å². The molecule has 1 aliphatic rings. The number of halogens is 1. The Morgan fingerprint density at radius 2 is 1.25 bits per heavy atom. The average molecular weight is 1080 g/mol. The van der Waals surface area contributed by atoms with Crippen molar-refractivity contribution in [3.8, 4) is 28.6 Å². The van der Waals surface area contributed by atoms with Crippen molar-refractivity contribution in [2.45, 2.75) is 84.0 Å². The van der Waals surface area contributed by atoms with E-state index in [0.717, 1.165) is 5.56 Å². The number of benzene rings is 4. The number of methoxy groups -OCH3 is 3. The number of hydroxylamine groups is 1. The number of sulfonamides is 1. The van der Waals surface area contributed by atoms with Crippen molar-refractivity contribution in [1.29, 1.82) is 0 Å². The smallest absolute Gasteiger partial charge is 0.460 e. The first-order chi connectivity index (χ1) is 31.6. The predicted octanol–water partition coefficient (Wildman–Crippen LogP) is 7.87. The maximum Gasteiger partial charge on any atom is 0.460 e. The number of anilines is 1. The second-order valence-corrected chi connectivity index (χ2v) is 22.0. The molecule has 0 bridgehead atoms. The minimum absolute atomic E-state index is 0.106. The number of aromatic nitrogens is 4. The largest absolute Gasteiger partial charge is 0.497 e. The van der Waals surface area contributed by atoms with Crippen LogP contribution in [-0.4, -0.2) is 103 Å². The average Bonchev–Trinajstić information content (AvgIpc) is 3.99. The molecule has 4 aromatic carbocycles. The van der Waals surface area contributed by atoms with Crippen LogP contribution >= 0.6 is 22.6 Å². The Hall–Kier alpha value is -5.72. The highest BCUT2D eigenvalue weighted by Crippen LogP contribution is 2.39. The van der Waals surface area contributed by atoms with Crippen molar-refractivity contribution in [1.82, 2.24) is 33.9 Å². The Morgan fingerprint density at radius 3 is 1.75 bits per heavy atom. The van der Waals surface area contributed by atoms with Gasteiger partial charge in [-0.05, 0) is 136 Å². The first kappa shape index (κ1) is 50.7. The van der Waals surface area contributed by atoms with Gasteiger partial charge in [-0.1, -0.05) is 57.2 Å². The maximum atomic E-state index is 15.7. The maximum absolute atomic E-state index is 15.7. The van der Waals surface area contributed by atoms with Crippen LogP contribution in [0.3, 0.4) is 0 Å². The zero-order chi connectivity index (χ0) is 48.7. The van der Waals surface area contributed by atoms with E-state index in [1.807, 2.05) is 55.5 Å². The highest BCUT2D eigenvalue weighted by Gasteiger charge is 2.42. The van der Waals surface area contributed by atoms with Crippen LogP contribution in [0.15, 0.2) is 89.8 Å². The van der Waals surface area contributed by atoms with Crippen molar-refractivity contribution in [2.24, 2.45) is 5.41 Å².